The van der Waals surface area contributed by atoms with Crippen molar-refractivity contribution in [1.82, 2.24) is 24.1 Å². The van der Waals surface area contributed by atoms with Gasteiger partial charge in [-0.15, -0.1) is 5.10 Å². The molecule has 0 aliphatic carbocycles. The fourth-order valence-electron chi connectivity index (χ4n) is 5.83. The highest BCUT2D eigenvalue weighted by atomic mass is 32.2. The van der Waals surface area contributed by atoms with E-state index in [9.17, 15) is 40.4 Å². The lowest BCUT2D eigenvalue weighted by Crippen LogP contribution is -2.31. The molecular formula is C39H31F5N6O5S. The van der Waals surface area contributed by atoms with Gasteiger partial charge in [-0.1, -0.05) is 55.8 Å². The summed E-state index contributed by atoms with van der Waals surface area (Å²) in [6, 6.07) is 19.6. The van der Waals surface area contributed by atoms with Crippen molar-refractivity contribution < 1.29 is 40.0 Å². The number of alkyl halides is 3. The number of halogens is 5. The summed E-state index contributed by atoms with van der Waals surface area (Å²) >= 11 is 0. The maximum atomic E-state index is 15.9. The zero-order valence-electron chi connectivity index (χ0n) is 29.3. The van der Waals surface area contributed by atoms with Gasteiger partial charge in [0.15, 0.2) is 0 Å². The molecule has 4 aromatic carbocycles. The molecule has 0 bridgehead atoms. The molecule has 0 atom stereocenters. The van der Waals surface area contributed by atoms with Gasteiger partial charge in [-0.2, -0.15) is 17.9 Å². The molecule has 0 spiro atoms. The summed E-state index contributed by atoms with van der Waals surface area (Å²) in [7, 11) is -4.61. The van der Waals surface area contributed by atoms with E-state index in [4.69, 9.17) is 0 Å². The van der Waals surface area contributed by atoms with E-state index in [-0.39, 0.29) is 40.2 Å². The topological polar surface area (TPSA) is 145 Å². The van der Waals surface area contributed by atoms with E-state index < -0.39 is 73.6 Å². The number of nitrogens with zero attached hydrogens (tertiary/aromatic N) is 4. The van der Waals surface area contributed by atoms with Crippen LogP contribution in [0.1, 0.15) is 57.4 Å². The Morgan fingerprint density at radius 1 is 0.857 bits per heavy atom. The fraction of sp³-hybridized carbons (Fsp3) is 0.154. The van der Waals surface area contributed by atoms with Gasteiger partial charge in [0, 0.05) is 35.6 Å². The number of hydrogen-bond donors (Lipinski definition) is 2. The third-order valence-corrected chi connectivity index (χ3v) is 10.0. The molecule has 0 aliphatic rings. The second kappa shape index (κ2) is 16.1. The number of pyridine rings is 1. The second-order valence-corrected chi connectivity index (χ2v) is 14.1. The molecule has 0 fully saturated rings. The van der Waals surface area contributed by atoms with Gasteiger partial charge in [0.2, 0.25) is 0 Å². The van der Waals surface area contributed by atoms with Crippen molar-refractivity contribution in [2.45, 2.75) is 43.8 Å². The fourth-order valence-corrected chi connectivity index (χ4v) is 7.02. The van der Waals surface area contributed by atoms with Gasteiger partial charge < -0.3 is 5.32 Å². The normalized spacial score (nSPS) is 11.7. The molecular weight excluding hydrogens is 760 g/mol. The lowest BCUT2D eigenvalue weighted by Gasteiger charge is -2.14. The van der Waals surface area contributed by atoms with E-state index in [2.05, 4.69) is 15.4 Å². The van der Waals surface area contributed by atoms with Gasteiger partial charge in [0.05, 0.1) is 33.8 Å². The number of amides is 2. The summed E-state index contributed by atoms with van der Waals surface area (Å²) in [5, 5.41) is 6.75. The minimum Gasteiger partial charge on any atom is -0.322 e. The third-order valence-electron chi connectivity index (χ3n) is 8.62. The summed E-state index contributed by atoms with van der Waals surface area (Å²) in [6.07, 6.45) is -0.934. The number of nitrogens with one attached hydrogen (secondary N) is 2. The Morgan fingerprint density at radius 2 is 1.61 bits per heavy atom. The molecule has 0 saturated carbocycles. The van der Waals surface area contributed by atoms with Gasteiger partial charge in [0.25, 0.3) is 21.8 Å². The van der Waals surface area contributed by atoms with Crippen molar-refractivity contribution in [3.8, 4) is 16.8 Å². The van der Waals surface area contributed by atoms with Crippen LogP contribution in [0.15, 0.2) is 119 Å². The first-order valence-electron chi connectivity index (χ1n) is 17.0. The van der Waals surface area contributed by atoms with Crippen molar-refractivity contribution in [2.75, 3.05) is 5.32 Å². The van der Waals surface area contributed by atoms with Crippen LogP contribution in [-0.4, -0.2) is 39.6 Å². The number of carbonyl (C=O) groups excluding carboxylic acids is 2. The molecule has 11 nitrogen and oxygen atoms in total. The Bertz CT molecular complexity index is 2610. The quantitative estimate of drug-likeness (QED) is 0.125. The van der Waals surface area contributed by atoms with E-state index in [1.54, 1.807) is 0 Å². The van der Waals surface area contributed by atoms with Crippen molar-refractivity contribution in [3.05, 3.63) is 160 Å². The SMILES string of the molecule is CCCCc1nn(-c2cc(NC(=O)c3cccnc3)ccc2C(F)(F)F)c(=O)n1Cc1ccc(-c2ccccc2S(=O)(=O)NC(=O)c2ccccc2F)cc1F. The van der Waals surface area contributed by atoms with Crippen molar-refractivity contribution in [1.29, 1.82) is 0 Å². The van der Waals surface area contributed by atoms with Crippen LogP contribution < -0.4 is 15.7 Å². The molecule has 288 valence electrons. The first-order chi connectivity index (χ1) is 26.7. The number of anilines is 1. The van der Waals surface area contributed by atoms with Crippen LogP contribution in [0.3, 0.4) is 0 Å². The molecule has 2 amide bonds. The van der Waals surface area contributed by atoms with E-state index >= 15 is 4.39 Å². The molecule has 0 radical (unpaired) electrons. The summed E-state index contributed by atoms with van der Waals surface area (Å²) < 4.78 is 103. The minimum atomic E-state index is -4.93. The van der Waals surface area contributed by atoms with Crippen molar-refractivity contribution >= 4 is 27.5 Å². The van der Waals surface area contributed by atoms with E-state index in [0.29, 0.717) is 23.6 Å². The molecule has 0 unspecified atom stereocenters. The Kier molecular flexibility index (Phi) is 11.3. The summed E-state index contributed by atoms with van der Waals surface area (Å²) in [6.45, 7) is 1.40. The smallest absolute Gasteiger partial charge is 0.322 e. The number of rotatable bonds is 12. The molecule has 6 rings (SSSR count). The number of carbonyl (C=O) groups is 2. The van der Waals surface area contributed by atoms with Gasteiger partial charge in [-0.05, 0) is 66.6 Å². The molecule has 56 heavy (non-hydrogen) atoms. The highest BCUT2D eigenvalue weighted by Gasteiger charge is 2.35. The summed E-state index contributed by atoms with van der Waals surface area (Å²) in [4.78, 5) is 42.8. The lowest BCUT2D eigenvalue weighted by molar-refractivity contribution is -0.137. The van der Waals surface area contributed by atoms with Gasteiger partial charge in [-0.3, -0.25) is 19.1 Å². The number of unbranched alkanes of at least 4 members (excludes halogenated alkanes) is 1. The van der Waals surface area contributed by atoms with E-state index in [1.807, 2.05) is 11.6 Å². The van der Waals surface area contributed by atoms with Crippen LogP contribution >= 0.6 is 0 Å². The zero-order chi connectivity index (χ0) is 40.2. The largest absolute Gasteiger partial charge is 0.418 e. The summed E-state index contributed by atoms with van der Waals surface area (Å²) in [5.74, 6) is -3.62. The first-order valence-corrected chi connectivity index (χ1v) is 18.5. The summed E-state index contributed by atoms with van der Waals surface area (Å²) in [5.41, 5.74) is -3.32. The molecule has 2 aromatic heterocycles. The third kappa shape index (κ3) is 8.42. The highest BCUT2D eigenvalue weighted by Crippen LogP contribution is 2.35. The number of aromatic nitrogens is 4. The van der Waals surface area contributed by atoms with Gasteiger partial charge in [-0.25, -0.2) is 26.7 Å². The van der Waals surface area contributed by atoms with Crippen molar-refractivity contribution in [3.63, 3.8) is 0 Å². The Labute approximate surface area is 316 Å². The predicted molar refractivity (Wildman–Crippen MR) is 196 cm³/mol. The van der Waals surface area contributed by atoms with Crippen molar-refractivity contribution in [2.24, 2.45) is 0 Å². The van der Waals surface area contributed by atoms with Crippen LogP contribution in [0, 0.1) is 11.6 Å². The van der Waals surface area contributed by atoms with Crippen LogP contribution in [0.25, 0.3) is 16.8 Å². The van der Waals surface area contributed by atoms with E-state index in [1.165, 1.54) is 73.1 Å². The average Bonchev–Trinajstić information content (AvgIpc) is 3.48. The van der Waals surface area contributed by atoms with Crippen LogP contribution in [0.2, 0.25) is 0 Å². The second-order valence-electron chi connectivity index (χ2n) is 12.4. The number of benzene rings is 4. The van der Waals surface area contributed by atoms with Gasteiger partial charge in [0.1, 0.15) is 17.5 Å². The Hall–Kier alpha value is -6.49. The van der Waals surface area contributed by atoms with Crippen LogP contribution in [0.4, 0.5) is 27.6 Å². The maximum Gasteiger partial charge on any atom is 0.418 e. The molecule has 17 heteroatoms. The van der Waals surface area contributed by atoms with Crippen LogP contribution in [-0.2, 0) is 29.2 Å². The molecule has 2 heterocycles. The molecule has 0 aliphatic heterocycles. The molecule has 0 saturated heterocycles. The van der Waals surface area contributed by atoms with Crippen LogP contribution in [0.5, 0.6) is 0 Å². The number of sulfonamides is 1. The maximum absolute atomic E-state index is 15.9. The van der Waals surface area contributed by atoms with E-state index in [0.717, 1.165) is 34.9 Å². The standard InChI is InChI=1S/C39H31F5N6O5S/c1-2-3-14-35-47-50(33-21-27(17-18-30(33)39(42,43)44)46-36(51)25-9-8-19-45-22-25)38(53)49(35)23-26-16-15-24(20-32(26)41)28-10-5-7-13-34(28)56(54,55)48-37(52)29-11-4-6-12-31(29)40/h4-13,15-22H,2-3,14,23H2,1H3,(H,46,51)(H,48,52). The Balaban J connectivity index is 1.34. The predicted octanol–water partition coefficient (Wildman–Crippen LogP) is 7.15. The number of hydrogen-bond acceptors (Lipinski definition) is 7. The lowest BCUT2D eigenvalue weighted by atomic mass is 10.0. The van der Waals surface area contributed by atoms with Gasteiger partial charge >= 0.3 is 11.9 Å². The monoisotopic (exact) mass is 790 g/mol. The molecule has 6 aromatic rings. The molecule has 2 N–H and O–H groups in total. The highest BCUT2D eigenvalue weighted by molar-refractivity contribution is 7.90. The minimum absolute atomic E-state index is 0.00409. The number of aryl methyl sites for hydroxylation is 1. The Morgan fingerprint density at radius 3 is 2.30 bits per heavy atom. The average molecular weight is 791 g/mol. The first kappa shape index (κ1) is 39.2. The zero-order valence-corrected chi connectivity index (χ0v) is 30.2.